The predicted octanol–water partition coefficient (Wildman–Crippen LogP) is 1.50. The Morgan fingerprint density at radius 2 is 2.21 bits per heavy atom. The summed E-state index contributed by atoms with van der Waals surface area (Å²) in [4.78, 5) is 25.4. The maximum atomic E-state index is 12.4. The van der Waals surface area contributed by atoms with Gasteiger partial charge < -0.3 is 20.1 Å². The summed E-state index contributed by atoms with van der Waals surface area (Å²) in [6, 6.07) is 5.74. The van der Waals surface area contributed by atoms with Gasteiger partial charge in [-0.25, -0.2) is 0 Å². The fourth-order valence-corrected chi connectivity index (χ4v) is 3.37. The van der Waals surface area contributed by atoms with E-state index in [1.54, 1.807) is 4.90 Å². The minimum absolute atomic E-state index is 0.0638. The second kappa shape index (κ2) is 6.34. The summed E-state index contributed by atoms with van der Waals surface area (Å²) in [5.74, 6) is 0.590. The Balaban J connectivity index is 1.62. The second-order valence-electron chi connectivity index (χ2n) is 7.15. The number of hydrogen-bond donors (Lipinski definition) is 1. The Hall–Kier alpha value is -2.24. The molecular weight excluding hydrogens is 308 g/mol. The molecule has 2 N–H and O–H groups in total. The molecule has 2 aliphatic heterocycles. The number of likely N-dealkylation sites (tertiary alicyclic amines) is 1. The minimum Gasteiger partial charge on any atom is -0.483 e. The van der Waals surface area contributed by atoms with E-state index in [0.717, 1.165) is 30.6 Å². The topological polar surface area (TPSA) is 81.9 Å². The largest absolute Gasteiger partial charge is 0.483 e. The first-order valence-electron chi connectivity index (χ1n) is 8.36. The molecule has 1 fully saturated rings. The molecule has 1 unspecified atom stereocenters. The zero-order chi connectivity index (χ0) is 17.3. The van der Waals surface area contributed by atoms with Gasteiger partial charge in [0.2, 0.25) is 5.91 Å². The molecule has 2 heterocycles. The number of carbonyl (C=O) groups excluding carboxylic acids is 2. The summed E-state index contributed by atoms with van der Waals surface area (Å²) in [6.07, 6.45) is 2.35. The minimum atomic E-state index is -0.343. The lowest BCUT2D eigenvalue weighted by atomic mass is 9.97. The quantitative estimate of drug-likeness (QED) is 0.906. The van der Waals surface area contributed by atoms with Gasteiger partial charge in [-0.05, 0) is 32.8 Å². The molecule has 1 aromatic rings. The van der Waals surface area contributed by atoms with Crippen molar-refractivity contribution in [2.24, 2.45) is 11.7 Å². The molecule has 3 rings (SSSR count). The van der Waals surface area contributed by atoms with Crippen molar-refractivity contribution in [1.29, 1.82) is 0 Å². The summed E-state index contributed by atoms with van der Waals surface area (Å²) < 4.78 is 11.7. The number of para-hydroxylation sites is 1. The molecule has 1 saturated heterocycles. The number of nitrogens with zero attached hydrogens (tertiary/aromatic N) is 1. The van der Waals surface area contributed by atoms with Gasteiger partial charge in [0.05, 0.1) is 5.92 Å². The van der Waals surface area contributed by atoms with Crippen molar-refractivity contribution in [2.75, 3.05) is 19.7 Å². The van der Waals surface area contributed by atoms with E-state index in [2.05, 4.69) is 0 Å². The smallest absolute Gasteiger partial charge is 0.260 e. The Kier molecular flexibility index (Phi) is 4.39. The van der Waals surface area contributed by atoms with E-state index < -0.39 is 0 Å². The van der Waals surface area contributed by atoms with Gasteiger partial charge in [-0.1, -0.05) is 12.1 Å². The molecule has 6 nitrogen and oxygen atoms in total. The first kappa shape index (κ1) is 16.6. The fraction of sp³-hybridized carbons (Fsp3) is 0.556. The number of nitrogens with two attached hydrogens (primary N) is 1. The average molecular weight is 332 g/mol. The Bertz CT molecular complexity index is 656. The van der Waals surface area contributed by atoms with Crippen molar-refractivity contribution in [1.82, 2.24) is 4.90 Å². The van der Waals surface area contributed by atoms with Gasteiger partial charge in [-0.2, -0.15) is 0 Å². The number of ether oxygens (including phenoxy) is 2. The van der Waals surface area contributed by atoms with Crippen LogP contribution in [0.4, 0.5) is 0 Å². The number of primary amides is 1. The van der Waals surface area contributed by atoms with E-state index in [4.69, 9.17) is 15.2 Å². The van der Waals surface area contributed by atoms with Crippen LogP contribution in [0, 0.1) is 5.92 Å². The van der Waals surface area contributed by atoms with Crippen molar-refractivity contribution in [2.45, 2.75) is 38.7 Å². The molecule has 0 bridgehead atoms. The molecular formula is C18H24N2O4. The van der Waals surface area contributed by atoms with Crippen molar-refractivity contribution < 1.29 is 19.1 Å². The molecule has 6 heteroatoms. The van der Waals surface area contributed by atoms with Crippen molar-refractivity contribution in [3.8, 4) is 11.5 Å². The number of amides is 2. The third-order valence-corrected chi connectivity index (χ3v) is 4.58. The SMILES string of the molecule is CC1(C)Cc2cccc(OCC(=O)N3CCCC(C(N)=O)C3)c2O1. The molecule has 1 atom stereocenters. The normalized spacial score (nSPS) is 21.8. The summed E-state index contributed by atoms with van der Waals surface area (Å²) in [5, 5.41) is 0. The van der Waals surface area contributed by atoms with E-state index in [0.29, 0.717) is 18.8 Å². The number of fused-ring (bicyclic) bond motifs is 1. The third-order valence-electron chi connectivity index (χ3n) is 4.58. The molecule has 2 amide bonds. The molecule has 0 aliphatic carbocycles. The highest BCUT2D eigenvalue weighted by Crippen LogP contribution is 2.41. The monoisotopic (exact) mass is 332 g/mol. The van der Waals surface area contributed by atoms with Gasteiger partial charge >= 0.3 is 0 Å². The van der Waals surface area contributed by atoms with Gasteiger partial charge in [-0.15, -0.1) is 0 Å². The molecule has 24 heavy (non-hydrogen) atoms. The Morgan fingerprint density at radius 1 is 1.42 bits per heavy atom. The maximum absolute atomic E-state index is 12.4. The van der Waals surface area contributed by atoms with Crippen LogP contribution in [0.5, 0.6) is 11.5 Å². The maximum Gasteiger partial charge on any atom is 0.260 e. The van der Waals surface area contributed by atoms with Gasteiger partial charge in [0, 0.05) is 25.1 Å². The second-order valence-corrected chi connectivity index (χ2v) is 7.15. The number of carbonyl (C=O) groups is 2. The van der Waals surface area contributed by atoms with Gasteiger partial charge in [-0.3, -0.25) is 9.59 Å². The van der Waals surface area contributed by atoms with Crippen molar-refractivity contribution >= 4 is 11.8 Å². The number of hydrogen-bond acceptors (Lipinski definition) is 4. The number of rotatable bonds is 4. The zero-order valence-electron chi connectivity index (χ0n) is 14.2. The third kappa shape index (κ3) is 3.47. The zero-order valence-corrected chi connectivity index (χ0v) is 14.2. The average Bonchev–Trinajstić information content (AvgIpc) is 2.87. The van der Waals surface area contributed by atoms with Crippen molar-refractivity contribution in [3.05, 3.63) is 23.8 Å². The summed E-state index contributed by atoms with van der Waals surface area (Å²) >= 11 is 0. The molecule has 0 saturated carbocycles. The van der Waals surface area contributed by atoms with E-state index in [1.807, 2.05) is 32.0 Å². The van der Waals surface area contributed by atoms with Crippen LogP contribution in [0.2, 0.25) is 0 Å². The van der Waals surface area contributed by atoms with Crippen LogP contribution in [0.25, 0.3) is 0 Å². The highest BCUT2D eigenvalue weighted by atomic mass is 16.5. The van der Waals surface area contributed by atoms with Crippen LogP contribution in [0.3, 0.4) is 0 Å². The molecule has 0 aromatic heterocycles. The molecule has 0 spiro atoms. The standard InChI is InChI=1S/C18H24N2O4/c1-18(2)9-12-5-3-7-14(16(12)24-18)23-11-15(21)20-8-4-6-13(10-20)17(19)22/h3,5,7,13H,4,6,8-11H2,1-2H3,(H2,19,22). The summed E-state index contributed by atoms with van der Waals surface area (Å²) in [5.41, 5.74) is 6.19. The van der Waals surface area contributed by atoms with Crippen LogP contribution in [0.15, 0.2) is 18.2 Å². The van der Waals surface area contributed by atoms with Gasteiger partial charge in [0.1, 0.15) is 5.60 Å². The first-order valence-corrected chi connectivity index (χ1v) is 8.36. The summed E-state index contributed by atoms with van der Waals surface area (Å²) in [7, 11) is 0. The van der Waals surface area contributed by atoms with Crippen molar-refractivity contribution in [3.63, 3.8) is 0 Å². The van der Waals surface area contributed by atoms with Crippen LogP contribution in [-0.4, -0.2) is 42.0 Å². The van der Waals surface area contributed by atoms with Crippen LogP contribution in [-0.2, 0) is 16.0 Å². The predicted molar refractivity (Wildman–Crippen MR) is 88.8 cm³/mol. The van der Waals surface area contributed by atoms with Crippen LogP contribution in [0.1, 0.15) is 32.3 Å². The molecule has 0 radical (unpaired) electrons. The molecule has 2 aliphatic rings. The van der Waals surface area contributed by atoms with Crippen LogP contribution < -0.4 is 15.2 Å². The van der Waals surface area contributed by atoms with Gasteiger partial charge in [0.15, 0.2) is 18.1 Å². The van der Waals surface area contributed by atoms with Gasteiger partial charge in [0.25, 0.3) is 5.91 Å². The summed E-state index contributed by atoms with van der Waals surface area (Å²) in [6.45, 7) is 5.02. The fourth-order valence-electron chi connectivity index (χ4n) is 3.37. The number of piperidine rings is 1. The van der Waals surface area contributed by atoms with E-state index in [9.17, 15) is 9.59 Å². The van der Waals surface area contributed by atoms with E-state index in [1.165, 1.54) is 0 Å². The Labute approximate surface area is 141 Å². The highest BCUT2D eigenvalue weighted by molar-refractivity contribution is 5.81. The Morgan fingerprint density at radius 3 is 2.96 bits per heavy atom. The lowest BCUT2D eigenvalue weighted by Gasteiger charge is -2.31. The van der Waals surface area contributed by atoms with Crippen LogP contribution >= 0.6 is 0 Å². The van der Waals surface area contributed by atoms with E-state index in [-0.39, 0.29) is 29.9 Å². The molecule has 1 aromatic carbocycles. The first-order chi connectivity index (χ1) is 11.4. The highest BCUT2D eigenvalue weighted by Gasteiger charge is 2.33. The van der Waals surface area contributed by atoms with E-state index >= 15 is 0 Å². The number of benzene rings is 1. The lowest BCUT2D eigenvalue weighted by molar-refractivity contribution is -0.136. The molecule has 130 valence electrons. The lowest BCUT2D eigenvalue weighted by Crippen LogP contribution is -2.45.